The Morgan fingerprint density at radius 3 is 3.00 bits per heavy atom. The van der Waals surface area contributed by atoms with Crippen LogP contribution in [0.25, 0.3) is 0 Å². The first-order chi connectivity index (χ1) is 5.29. The SMILES string of the molecule is CC1CCCCC(=O)NCC1. The van der Waals surface area contributed by atoms with E-state index in [2.05, 4.69) is 12.2 Å². The molecule has 1 heterocycles. The molecule has 0 aromatic heterocycles. The summed E-state index contributed by atoms with van der Waals surface area (Å²) in [6.07, 6.45) is 5.44. The van der Waals surface area contributed by atoms with Crippen LogP contribution in [0.2, 0.25) is 0 Å². The maximum atomic E-state index is 11.0. The van der Waals surface area contributed by atoms with Gasteiger partial charge >= 0.3 is 0 Å². The molecule has 0 spiro atoms. The third-order valence-corrected chi connectivity index (χ3v) is 2.31. The van der Waals surface area contributed by atoms with Crippen molar-refractivity contribution in [3.8, 4) is 0 Å². The Kier molecular flexibility index (Phi) is 3.40. The second kappa shape index (κ2) is 4.37. The van der Waals surface area contributed by atoms with Crippen LogP contribution in [0.1, 0.15) is 39.0 Å². The van der Waals surface area contributed by atoms with E-state index in [1.54, 1.807) is 0 Å². The molecule has 1 fully saturated rings. The molecule has 1 aliphatic rings. The van der Waals surface area contributed by atoms with Gasteiger partial charge < -0.3 is 5.32 Å². The maximum absolute atomic E-state index is 11.0. The van der Waals surface area contributed by atoms with Gasteiger partial charge in [0.25, 0.3) is 0 Å². The van der Waals surface area contributed by atoms with Crippen molar-refractivity contribution in [2.24, 2.45) is 5.92 Å². The number of hydrogen-bond donors (Lipinski definition) is 1. The Morgan fingerprint density at radius 2 is 2.18 bits per heavy atom. The topological polar surface area (TPSA) is 29.1 Å². The van der Waals surface area contributed by atoms with Gasteiger partial charge in [0.2, 0.25) is 5.91 Å². The highest BCUT2D eigenvalue weighted by molar-refractivity contribution is 5.75. The highest BCUT2D eigenvalue weighted by Crippen LogP contribution is 2.13. The first kappa shape index (κ1) is 8.57. The molecule has 1 rings (SSSR count). The van der Waals surface area contributed by atoms with E-state index < -0.39 is 0 Å². The van der Waals surface area contributed by atoms with E-state index in [1.165, 1.54) is 12.8 Å². The molecule has 0 aromatic carbocycles. The normalized spacial score (nSPS) is 28.1. The molecule has 0 aromatic rings. The minimum absolute atomic E-state index is 0.235. The van der Waals surface area contributed by atoms with Gasteiger partial charge in [0.15, 0.2) is 0 Å². The van der Waals surface area contributed by atoms with Crippen LogP contribution < -0.4 is 5.32 Å². The lowest BCUT2D eigenvalue weighted by Crippen LogP contribution is -2.24. The molecule has 1 unspecified atom stereocenters. The molecule has 1 aliphatic heterocycles. The minimum Gasteiger partial charge on any atom is -0.356 e. The van der Waals surface area contributed by atoms with Crippen molar-refractivity contribution >= 4 is 5.91 Å². The summed E-state index contributed by atoms with van der Waals surface area (Å²) in [6.45, 7) is 3.14. The van der Waals surface area contributed by atoms with Crippen molar-refractivity contribution in [1.82, 2.24) is 5.32 Å². The molecule has 11 heavy (non-hydrogen) atoms. The molecule has 1 atom stereocenters. The van der Waals surface area contributed by atoms with E-state index in [9.17, 15) is 4.79 Å². The van der Waals surface area contributed by atoms with Crippen molar-refractivity contribution in [3.63, 3.8) is 0 Å². The summed E-state index contributed by atoms with van der Waals surface area (Å²) < 4.78 is 0. The molecule has 0 radical (unpaired) electrons. The lowest BCUT2D eigenvalue weighted by molar-refractivity contribution is -0.121. The van der Waals surface area contributed by atoms with Crippen LogP contribution in [0.4, 0.5) is 0 Å². The maximum Gasteiger partial charge on any atom is 0.219 e. The van der Waals surface area contributed by atoms with Crippen LogP contribution in [-0.2, 0) is 4.79 Å². The van der Waals surface area contributed by atoms with Crippen LogP contribution in [0.5, 0.6) is 0 Å². The van der Waals surface area contributed by atoms with Crippen LogP contribution in [-0.4, -0.2) is 12.5 Å². The zero-order chi connectivity index (χ0) is 8.10. The van der Waals surface area contributed by atoms with Crippen LogP contribution in [0.3, 0.4) is 0 Å². The van der Waals surface area contributed by atoms with Gasteiger partial charge in [-0.1, -0.05) is 19.8 Å². The van der Waals surface area contributed by atoms with Crippen LogP contribution >= 0.6 is 0 Å². The lowest BCUT2D eigenvalue weighted by Gasteiger charge is -2.07. The molecule has 1 N–H and O–H groups in total. The number of carbonyl (C=O) groups excluding carboxylic acids is 1. The van der Waals surface area contributed by atoms with Gasteiger partial charge in [-0.15, -0.1) is 0 Å². The summed E-state index contributed by atoms with van der Waals surface area (Å²) in [5, 5.41) is 2.92. The number of amides is 1. The van der Waals surface area contributed by atoms with Gasteiger partial charge in [0.1, 0.15) is 0 Å². The van der Waals surface area contributed by atoms with Gasteiger partial charge in [-0.25, -0.2) is 0 Å². The zero-order valence-corrected chi connectivity index (χ0v) is 7.23. The first-order valence-corrected chi connectivity index (χ1v) is 4.56. The molecule has 1 amide bonds. The van der Waals surface area contributed by atoms with Crippen molar-refractivity contribution in [3.05, 3.63) is 0 Å². The molecule has 2 heteroatoms. The lowest BCUT2D eigenvalue weighted by atomic mass is 10.0. The smallest absolute Gasteiger partial charge is 0.219 e. The monoisotopic (exact) mass is 155 g/mol. The quantitative estimate of drug-likeness (QED) is 0.567. The van der Waals surface area contributed by atoms with Gasteiger partial charge in [0.05, 0.1) is 0 Å². The summed E-state index contributed by atoms with van der Waals surface area (Å²) >= 11 is 0. The van der Waals surface area contributed by atoms with Gasteiger partial charge in [-0.05, 0) is 18.8 Å². The number of hydrogen-bond acceptors (Lipinski definition) is 1. The highest BCUT2D eigenvalue weighted by atomic mass is 16.1. The van der Waals surface area contributed by atoms with E-state index in [4.69, 9.17) is 0 Å². The van der Waals surface area contributed by atoms with E-state index in [-0.39, 0.29) is 5.91 Å². The Bertz CT molecular complexity index is 134. The highest BCUT2D eigenvalue weighted by Gasteiger charge is 2.07. The fourth-order valence-corrected chi connectivity index (χ4v) is 1.47. The van der Waals surface area contributed by atoms with Gasteiger partial charge in [-0.3, -0.25) is 4.79 Å². The second-order valence-electron chi connectivity index (χ2n) is 3.49. The summed E-state index contributed by atoms with van der Waals surface area (Å²) in [6, 6.07) is 0. The third kappa shape index (κ3) is 3.40. The molecular formula is C9H17NO. The van der Waals surface area contributed by atoms with E-state index in [1.807, 2.05) is 0 Å². The van der Waals surface area contributed by atoms with E-state index in [0.717, 1.165) is 31.7 Å². The fourth-order valence-electron chi connectivity index (χ4n) is 1.47. The van der Waals surface area contributed by atoms with Gasteiger partial charge in [-0.2, -0.15) is 0 Å². The third-order valence-electron chi connectivity index (χ3n) is 2.31. The van der Waals surface area contributed by atoms with Crippen molar-refractivity contribution in [2.45, 2.75) is 39.0 Å². The average Bonchev–Trinajstić information content (AvgIpc) is 2.04. The molecule has 0 bridgehead atoms. The Hall–Kier alpha value is -0.530. The Labute approximate surface area is 68.4 Å². The van der Waals surface area contributed by atoms with Crippen LogP contribution in [0, 0.1) is 5.92 Å². The minimum atomic E-state index is 0.235. The molecule has 0 saturated carbocycles. The van der Waals surface area contributed by atoms with Crippen molar-refractivity contribution < 1.29 is 4.79 Å². The molecule has 64 valence electrons. The van der Waals surface area contributed by atoms with Crippen LogP contribution in [0.15, 0.2) is 0 Å². The largest absolute Gasteiger partial charge is 0.356 e. The number of rotatable bonds is 0. The Morgan fingerprint density at radius 1 is 1.36 bits per heavy atom. The summed E-state index contributed by atoms with van der Waals surface area (Å²) in [5.74, 6) is 1.02. The summed E-state index contributed by atoms with van der Waals surface area (Å²) in [4.78, 5) is 11.0. The fraction of sp³-hybridized carbons (Fsp3) is 0.889. The predicted molar refractivity (Wildman–Crippen MR) is 45.3 cm³/mol. The molecule has 1 saturated heterocycles. The predicted octanol–water partition coefficient (Wildman–Crippen LogP) is 1.70. The average molecular weight is 155 g/mol. The Balaban J connectivity index is 2.29. The summed E-state index contributed by atoms with van der Waals surface area (Å²) in [7, 11) is 0. The first-order valence-electron chi connectivity index (χ1n) is 4.56. The van der Waals surface area contributed by atoms with Crippen molar-refractivity contribution in [2.75, 3.05) is 6.54 Å². The molecule has 0 aliphatic carbocycles. The summed E-state index contributed by atoms with van der Waals surface area (Å²) in [5.41, 5.74) is 0. The molecular weight excluding hydrogens is 138 g/mol. The second-order valence-corrected chi connectivity index (χ2v) is 3.49. The number of nitrogens with one attached hydrogen (secondary N) is 1. The molecule has 2 nitrogen and oxygen atoms in total. The van der Waals surface area contributed by atoms with E-state index in [0.29, 0.717) is 0 Å². The van der Waals surface area contributed by atoms with Crippen molar-refractivity contribution in [1.29, 1.82) is 0 Å². The number of carbonyl (C=O) groups is 1. The van der Waals surface area contributed by atoms with E-state index >= 15 is 0 Å². The van der Waals surface area contributed by atoms with Gasteiger partial charge in [0, 0.05) is 13.0 Å². The standard InChI is InChI=1S/C9H17NO/c1-8-4-2-3-5-9(11)10-7-6-8/h8H,2-7H2,1H3,(H,10,11). The zero-order valence-electron chi connectivity index (χ0n) is 7.23.